The van der Waals surface area contributed by atoms with Crippen LogP contribution < -0.4 is 15.5 Å². The molecule has 24 heavy (non-hydrogen) atoms. The molecule has 0 aromatic heterocycles. The van der Waals surface area contributed by atoms with Crippen molar-refractivity contribution in [2.75, 3.05) is 16.8 Å². The van der Waals surface area contributed by atoms with Crippen molar-refractivity contribution >= 4 is 34.9 Å². The minimum absolute atomic E-state index is 0.0451. The summed E-state index contributed by atoms with van der Waals surface area (Å²) in [5.74, 6) is -0.598. The van der Waals surface area contributed by atoms with Gasteiger partial charge in [0.2, 0.25) is 5.91 Å². The molecule has 0 spiro atoms. The fourth-order valence-corrected chi connectivity index (χ4v) is 2.77. The number of carbonyl (C=O) groups is 2. The number of nitrogens with one attached hydrogen (secondary N) is 2. The van der Waals surface area contributed by atoms with E-state index >= 15 is 0 Å². The predicted molar refractivity (Wildman–Crippen MR) is 90.8 cm³/mol. The molecule has 3 amide bonds. The molecule has 1 heterocycles. The summed E-state index contributed by atoms with van der Waals surface area (Å²) < 4.78 is 13.1. The Hall–Kier alpha value is -2.60. The molecule has 2 aromatic rings. The number of amides is 3. The second-order valence-electron chi connectivity index (χ2n) is 5.47. The Morgan fingerprint density at radius 1 is 1.21 bits per heavy atom. The zero-order valence-electron chi connectivity index (χ0n) is 12.6. The second-order valence-corrected chi connectivity index (χ2v) is 5.88. The minimum atomic E-state index is -0.553. The fourth-order valence-electron chi connectivity index (χ4n) is 2.59. The van der Waals surface area contributed by atoms with Crippen LogP contribution in [0.2, 0.25) is 5.02 Å². The topological polar surface area (TPSA) is 61.4 Å². The average molecular weight is 348 g/mol. The van der Waals surface area contributed by atoms with Crippen LogP contribution in [0.4, 0.5) is 20.6 Å². The molecule has 7 heteroatoms. The molecule has 1 saturated heterocycles. The number of para-hydroxylation sites is 1. The molecule has 0 aliphatic carbocycles. The number of hydrogen-bond donors (Lipinski definition) is 2. The van der Waals surface area contributed by atoms with Gasteiger partial charge in [-0.05, 0) is 30.3 Å². The summed E-state index contributed by atoms with van der Waals surface area (Å²) >= 11 is 5.68. The first-order chi connectivity index (χ1) is 11.5. The van der Waals surface area contributed by atoms with E-state index in [0.717, 1.165) is 5.69 Å². The predicted octanol–water partition coefficient (Wildman–Crippen LogP) is 3.41. The van der Waals surface area contributed by atoms with Crippen molar-refractivity contribution in [3.63, 3.8) is 0 Å². The van der Waals surface area contributed by atoms with Crippen LogP contribution in [-0.2, 0) is 4.79 Å². The largest absolute Gasteiger partial charge is 0.333 e. The highest BCUT2D eigenvalue weighted by molar-refractivity contribution is 6.31. The Morgan fingerprint density at radius 3 is 2.67 bits per heavy atom. The van der Waals surface area contributed by atoms with E-state index in [0.29, 0.717) is 12.2 Å². The molecule has 0 bridgehead atoms. The Balaban J connectivity index is 1.59. The number of anilines is 2. The summed E-state index contributed by atoms with van der Waals surface area (Å²) in [7, 11) is 0. The first-order valence-electron chi connectivity index (χ1n) is 7.41. The fraction of sp³-hybridized carbons (Fsp3) is 0.176. The van der Waals surface area contributed by atoms with Gasteiger partial charge in [0.1, 0.15) is 5.82 Å². The van der Waals surface area contributed by atoms with Crippen molar-refractivity contribution in [2.24, 2.45) is 0 Å². The molecule has 1 aliphatic heterocycles. The molecular formula is C17H15ClFN3O2. The van der Waals surface area contributed by atoms with Crippen LogP contribution in [0.1, 0.15) is 6.42 Å². The van der Waals surface area contributed by atoms with Gasteiger partial charge in [0.05, 0.1) is 11.1 Å². The van der Waals surface area contributed by atoms with Crippen LogP contribution in [0.25, 0.3) is 0 Å². The van der Waals surface area contributed by atoms with Crippen LogP contribution in [0.15, 0.2) is 48.5 Å². The van der Waals surface area contributed by atoms with Crippen LogP contribution in [0.5, 0.6) is 0 Å². The lowest BCUT2D eigenvalue weighted by molar-refractivity contribution is -0.117. The van der Waals surface area contributed by atoms with Gasteiger partial charge in [-0.3, -0.25) is 4.79 Å². The number of carbonyl (C=O) groups excluding carboxylic acids is 2. The summed E-state index contributed by atoms with van der Waals surface area (Å²) in [6.07, 6.45) is 0.229. The van der Waals surface area contributed by atoms with Crippen molar-refractivity contribution < 1.29 is 14.0 Å². The van der Waals surface area contributed by atoms with Gasteiger partial charge in [-0.2, -0.15) is 0 Å². The number of nitrogens with zero attached hydrogens (tertiary/aromatic N) is 1. The van der Waals surface area contributed by atoms with E-state index in [1.165, 1.54) is 18.2 Å². The van der Waals surface area contributed by atoms with Crippen LogP contribution in [-0.4, -0.2) is 24.5 Å². The molecule has 1 fully saturated rings. The average Bonchev–Trinajstić information content (AvgIpc) is 2.92. The summed E-state index contributed by atoms with van der Waals surface area (Å²) in [4.78, 5) is 25.8. The SMILES string of the molecule is O=C(Nc1ccc(F)c(Cl)c1)NC1CC(=O)N(c2ccccc2)C1. The van der Waals surface area contributed by atoms with Crippen LogP contribution in [0.3, 0.4) is 0 Å². The molecule has 0 saturated carbocycles. The van der Waals surface area contributed by atoms with Gasteiger partial charge in [0.25, 0.3) is 0 Å². The normalized spacial score (nSPS) is 17.0. The van der Waals surface area contributed by atoms with E-state index in [9.17, 15) is 14.0 Å². The summed E-state index contributed by atoms with van der Waals surface area (Å²) in [6, 6.07) is 12.4. The lowest BCUT2D eigenvalue weighted by Gasteiger charge is -2.17. The number of urea groups is 1. The highest BCUT2D eigenvalue weighted by Gasteiger charge is 2.31. The van der Waals surface area contributed by atoms with Gasteiger partial charge in [0.15, 0.2) is 0 Å². The summed E-state index contributed by atoms with van der Waals surface area (Å²) in [5, 5.41) is 5.25. The van der Waals surface area contributed by atoms with E-state index in [-0.39, 0.29) is 23.4 Å². The lowest BCUT2D eigenvalue weighted by Crippen LogP contribution is -2.39. The Kier molecular flexibility index (Phi) is 4.66. The zero-order valence-corrected chi connectivity index (χ0v) is 13.4. The lowest BCUT2D eigenvalue weighted by atomic mass is 10.2. The first kappa shape index (κ1) is 16.3. The maximum absolute atomic E-state index is 13.1. The van der Waals surface area contributed by atoms with Gasteiger partial charge in [0, 0.05) is 24.3 Å². The highest BCUT2D eigenvalue weighted by atomic mass is 35.5. The third-order valence-corrected chi connectivity index (χ3v) is 4.00. The van der Waals surface area contributed by atoms with E-state index in [2.05, 4.69) is 10.6 Å². The number of halogens is 2. The van der Waals surface area contributed by atoms with Crippen molar-refractivity contribution in [1.29, 1.82) is 0 Å². The minimum Gasteiger partial charge on any atom is -0.333 e. The molecule has 1 atom stereocenters. The van der Waals surface area contributed by atoms with Crippen molar-refractivity contribution in [3.8, 4) is 0 Å². The summed E-state index contributed by atoms with van der Waals surface area (Å²) in [6.45, 7) is 0.403. The third kappa shape index (κ3) is 3.65. The van der Waals surface area contributed by atoms with E-state index in [1.54, 1.807) is 4.90 Å². The smallest absolute Gasteiger partial charge is 0.319 e. The van der Waals surface area contributed by atoms with Crippen molar-refractivity contribution in [2.45, 2.75) is 12.5 Å². The standard InChI is InChI=1S/C17H15ClFN3O2/c18-14-8-11(6-7-15(14)19)20-17(24)21-12-9-16(23)22(10-12)13-4-2-1-3-5-13/h1-8,12H,9-10H2,(H2,20,21,24). The monoisotopic (exact) mass is 347 g/mol. The van der Waals surface area contributed by atoms with Crippen LogP contribution >= 0.6 is 11.6 Å². The molecule has 5 nitrogen and oxygen atoms in total. The maximum Gasteiger partial charge on any atom is 0.319 e. The molecule has 1 aliphatic rings. The van der Waals surface area contributed by atoms with Crippen LogP contribution in [0, 0.1) is 5.82 Å². The molecule has 3 rings (SSSR count). The molecule has 2 aromatic carbocycles. The summed E-state index contributed by atoms with van der Waals surface area (Å²) in [5.41, 5.74) is 1.18. The van der Waals surface area contributed by atoms with Gasteiger partial charge in [-0.25, -0.2) is 9.18 Å². The van der Waals surface area contributed by atoms with E-state index in [1.807, 2.05) is 30.3 Å². The number of benzene rings is 2. The van der Waals surface area contributed by atoms with Crippen molar-refractivity contribution in [3.05, 3.63) is 59.4 Å². The quantitative estimate of drug-likeness (QED) is 0.893. The Labute approximate surface area is 143 Å². The van der Waals surface area contributed by atoms with Gasteiger partial charge >= 0.3 is 6.03 Å². The molecule has 124 valence electrons. The molecule has 2 N–H and O–H groups in total. The molecule has 1 unspecified atom stereocenters. The van der Waals surface area contributed by atoms with Gasteiger partial charge < -0.3 is 15.5 Å². The van der Waals surface area contributed by atoms with Gasteiger partial charge in [-0.1, -0.05) is 29.8 Å². The number of rotatable bonds is 3. The molecule has 0 radical (unpaired) electrons. The Morgan fingerprint density at radius 2 is 1.96 bits per heavy atom. The van der Waals surface area contributed by atoms with E-state index in [4.69, 9.17) is 11.6 Å². The van der Waals surface area contributed by atoms with Gasteiger partial charge in [-0.15, -0.1) is 0 Å². The third-order valence-electron chi connectivity index (χ3n) is 3.71. The van der Waals surface area contributed by atoms with Crippen molar-refractivity contribution in [1.82, 2.24) is 5.32 Å². The number of hydrogen-bond acceptors (Lipinski definition) is 2. The maximum atomic E-state index is 13.1. The second kappa shape index (κ2) is 6.88. The first-order valence-corrected chi connectivity index (χ1v) is 7.79. The van der Waals surface area contributed by atoms with E-state index < -0.39 is 11.8 Å². The molecular weight excluding hydrogens is 333 g/mol. The highest BCUT2D eigenvalue weighted by Crippen LogP contribution is 2.22. The zero-order chi connectivity index (χ0) is 17.1. The Bertz CT molecular complexity index is 770.